The number of aromatic carboxylic acids is 1. The fraction of sp³-hybridized carbons (Fsp3) is 0.348. The fourth-order valence-electron chi connectivity index (χ4n) is 4.26. The number of aromatic nitrogens is 1. The molecule has 0 unspecified atom stereocenters. The van der Waals surface area contributed by atoms with E-state index >= 15 is 0 Å². The van der Waals surface area contributed by atoms with Crippen LogP contribution in [0.2, 0.25) is 0 Å². The lowest BCUT2D eigenvalue weighted by Crippen LogP contribution is -2.26. The predicted octanol–water partition coefficient (Wildman–Crippen LogP) is 4.57. The molecule has 0 radical (unpaired) electrons. The number of rotatable bonds is 7. The summed E-state index contributed by atoms with van der Waals surface area (Å²) in [6.07, 6.45) is 4.69. The smallest absolute Gasteiger partial charge is 0.352 e. The molecule has 2 aromatic carbocycles. The van der Waals surface area contributed by atoms with Gasteiger partial charge in [-0.15, -0.1) is 0 Å². The van der Waals surface area contributed by atoms with Crippen molar-refractivity contribution in [3.63, 3.8) is 0 Å². The van der Waals surface area contributed by atoms with Gasteiger partial charge in [-0.25, -0.2) is 9.18 Å². The Morgan fingerprint density at radius 3 is 2.59 bits per heavy atom. The van der Waals surface area contributed by atoms with E-state index in [4.69, 9.17) is 4.74 Å². The lowest BCUT2D eigenvalue weighted by atomic mass is 10.1. The van der Waals surface area contributed by atoms with E-state index < -0.39 is 5.97 Å². The number of ether oxygens (including phenoxy) is 1. The SMILES string of the molecule is COc1ccc2c(CNC3CCCC3)c(C(=O)O)n(Cc3ccc(F)cc3)c2c1. The van der Waals surface area contributed by atoms with Crippen LogP contribution in [0.1, 0.15) is 47.3 Å². The van der Waals surface area contributed by atoms with Gasteiger partial charge in [-0.05, 0) is 42.7 Å². The lowest BCUT2D eigenvalue weighted by Gasteiger charge is -2.13. The molecular weight excluding hydrogens is 371 g/mol. The van der Waals surface area contributed by atoms with Crippen LogP contribution in [0.3, 0.4) is 0 Å². The van der Waals surface area contributed by atoms with Gasteiger partial charge in [-0.3, -0.25) is 0 Å². The molecule has 1 aliphatic carbocycles. The van der Waals surface area contributed by atoms with Crippen LogP contribution in [0.25, 0.3) is 10.9 Å². The summed E-state index contributed by atoms with van der Waals surface area (Å²) in [6, 6.07) is 12.2. The molecule has 1 fully saturated rings. The molecule has 0 atom stereocenters. The first-order valence-corrected chi connectivity index (χ1v) is 9.97. The first kappa shape index (κ1) is 19.5. The van der Waals surface area contributed by atoms with Gasteiger partial charge in [-0.1, -0.05) is 25.0 Å². The summed E-state index contributed by atoms with van der Waals surface area (Å²) in [4.78, 5) is 12.3. The van der Waals surface area contributed by atoms with Gasteiger partial charge in [0.05, 0.1) is 12.6 Å². The number of carbonyl (C=O) groups is 1. The Morgan fingerprint density at radius 2 is 1.93 bits per heavy atom. The average molecular weight is 396 g/mol. The fourth-order valence-corrected chi connectivity index (χ4v) is 4.26. The van der Waals surface area contributed by atoms with Crippen molar-refractivity contribution in [3.05, 3.63) is 65.1 Å². The normalized spacial score (nSPS) is 14.6. The van der Waals surface area contributed by atoms with E-state index in [1.165, 1.54) is 25.0 Å². The summed E-state index contributed by atoms with van der Waals surface area (Å²) in [5.74, 6) is -0.610. The van der Waals surface area contributed by atoms with Gasteiger partial charge in [0.25, 0.3) is 0 Å². The molecule has 1 saturated carbocycles. The van der Waals surface area contributed by atoms with E-state index in [-0.39, 0.29) is 11.5 Å². The quantitative estimate of drug-likeness (QED) is 0.614. The number of fused-ring (bicyclic) bond motifs is 1. The molecule has 0 amide bonds. The van der Waals surface area contributed by atoms with Crippen LogP contribution in [0.15, 0.2) is 42.5 Å². The Kier molecular flexibility index (Phi) is 5.53. The third-order valence-electron chi connectivity index (χ3n) is 5.76. The second-order valence-electron chi connectivity index (χ2n) is 7.59. The number of hydrogen-bond acceptors (Lipinski definition) is 3. The predicted molar refractivity (Wildman–Crippen MR) is 110 cm³/mol. The zero-order chi connectivity index (χ0) is 20.4. The van der Waals surface area contributed by atoms with Crippen molar-refractivity contribution < 1.29 is 19.0 Å². The van der Waals surface area contributed by atoms with Crippen LogP contribution >= 0.6 is 0 Å². The summed E-state index contributed by atoms with van der Waals surface area (Å²) in [7, 11) is 1.59. The van der Waals surface area contributed by atoms with Crippen molar-refractivity contribution >= 4 is 16.9 Å². The second-order valence-corrected chi connectivity index (χ2v) is 7.59. The van der Waals surface area contributed by atoms with E-state index in [2.05, 4.69) is 5.32 Å². The van der Waals surface area contributed by atoms with E-state index in [0.717, 1.165) is 34.9 Å². The van der Waals surface area contributed by atoms with Gasteiger partial charge < -0.3 is 19.7 Å². The number of halogens is 1. The van der Waals surface area contributed by atoms with Crippen molar-refractivity contribution in [2.24, 2.45) is 0 Å². The first-order valence-electron chi connectivity index (χ1n) is 9.97. The molecule has 152 valence electrons. The molecule has 6 heteroatoms. The van der Waals surface area contributed by atoms with Gasteiger partial charge in [0.2, 0.25) is 0 Å². The van der Waals surface area contributed by atoms with Crippen LogP contribution in [0.5, 0.6) is 5.75 Å². The molecule has 1 heterocycles. The van der Waals surface area contributed by atoms with Gasteiger partial charge in [0, 0.05) is 36.1 Å². The van der Waals surface area contributed by atoms with Crippen molar-refractivity contribution in [3.8, 4) is 5.75 Å². The van der Waals surface area contributed by atoms with Crippen LogP contribution in [0.4, 0.5) is 4.39 Å². The molecular formula is C23H25FN2O3. The highest BCUT2D eigenvalue weighted by atomic mass is 19.1. The molecule has 0 spiro atoms. The highest BCUT2D eigenvalue weighted by Gasteiger charge is 2.24. The minimum Gasteiger partial charge on any atom is -0.497 e. The van der Waals surface area contributed by atoms with Crippen molar-refractivity contribution in [2.45, 2.75) is 44.8 Å². The summed E-state index contributed by atoms with van der Waals surface area (Å²) in [5.41, 5.74) is 2.69. The maximum absolute atomic E-state index is 13.3. The first-order chi connectivity index (χ1) is 14.1. The van der Waals surface area contributed by atoms with Gasteiger partial charge in [0.15, 0.2) is 0 Å². The second kappa shape index (κ2) is 8.25. The summed E-state index contributed by atoms with van der Waals surface area (Å²) < 4.78 is 20.5. The number of nitrogens with one attached hydrogen (secondary N) is 1. The van der Waals surface area contributed by atoms with Crippen LogP contribution in [0, 0.1) is 5.82 Å². The standard InChI is InChI=1S/C23H25FN2O3/c1-29-18-10-11-19-20(13-25-17-4-2-3-5-17)22(23(27)28)26(21(19)12-18)14-15-6-8-16(24)9-7-15/h6-12,17,25H,2-5,13-14H2,1H3,(H,27,28). The minimum absolute atomic E-state index is 0.267. The monoisotopic (exact) mass is 396 g/mol. The highest BCUT2D eigenvalue weighted by Crippen LogP contribution is 2.31. The van der Waals surface area contributed by atoms with Gasteiger partial charge in [-0.2, -0.15) is 0 Å². The van der Waals surface area contributed by atoms with E-state index in [1.807, 2.05) is 18.2 Å². The van der Waals surface area contributed by atoms with E-state index in [0.29, 0.717) is 24.9 Å². The zero-order valence-electron chi connectivity index (χ0n) is 16.5. The van der Waals surface area contributed by atoms with Crippen molar-refractivity contribution in [1.29, 1.82) is 0 Å². The van der Waals surface area contributed by atoms with Crippen molar-refractivity contribution in [1.82, 2.24) is 9.88 Å². The van der Waals surface area contributed by atoms with Gasteiger partial charge in [0.1, 0.15) is 17.3 Å². The van der Waals surface area contributed by atoms with Crippen LogP contribution in [-0.4, -0.2) is 28.8 Å². The Bertz CT molecular complexity index is 1020. The number of benzene rings is 2. The number of carboxylic acid groups (broad SMARTS) is 1. The third-order valence-corrected chi connectivity index (χ3v) is 5.76. The number of methoxy groups -OCH3 is 1. The van der Waals surface area contributed by atoms with Crippen LogP contribution < -0.4 is 10.1 Å². The van der Waals surface area contributed by atoms with Gasteiger partial charge >= 0.3 is 5.97 Å². The van der Waals surface area contributed by atoms with Crippen LogP contribution in [-0.2, 0) is 13.1 Å². The molecule has 1 aliphatic rings. The lowest BCUT2D eigenvalue weighted by molar-refractivity contribution is 0.0684. The molecule has 0 bridgehead atoms. The molecule has 0 saturated heterocycles. The third kappa shape index (κ3) is 3.98. The van der Waals surface area contributed by atoms with E-state index in [9.17, 15) is 14.3 Å². The van der Waals surface area contributed by atoms with E-state index in [1.54, 1.807) is 23.8 Å². The molecule has 0 aliphatic heterocycles. The summed E-state index contributed by atoms with van der Waals surface area (Å²) in [6.45, 7) is 0.848. The molecule has 29 heavy (non-hydrogen) atoms. The Balaban J connectivity index is 1.80. The molecule has 3 aromatic rings. The molecule has 5 nitrogen and oxygen atoms in total. The Morgan fingerprint density at radius 1 is 1.21 bits per heavy atom. The summed E-state index contributed by atoms with van der Waals surface area (Å²) >= 11 is 0. The topological polar surface area (TPSA) is 63.5 Å². The minimum atomic E-state index is -0.967. The zero-order valence-corrected chi connectivity index (χ0v) is 16.5. The largest absolute Gasteiger partial charge is 0.497 e. The molecule has 1 aromatic heterocycles. The Hall–Kier alpha value is -2.86. The number of carboxylic acids is 1. The number of nitrogens with zero attached hydrogens (tertiary/aromatic N) is 1. The van der Waals surface area contributed by atoms with Crippen molar-refractivity contribution in [2.75, 3.05) is 7.11 Å². The summed E-state index contributed by atoms with van der Waals surface area (Å²) in [5, 5.41) is 14.5. The molecule has 4 rings (SSSR count). The molecule has 2 N–H and O–H groups in total. The Labute approximate surface area is 169 Å². The number of hydrogen-bond donors (Lipinski definition) is 2. The average Bonchev–Trinajstić information content (AvgIpc) is 3.34. The highest BCUT2D eigenvalue weighted by molar-refractivity contribution is 5.98. The maximum atomic E-state index is 13.3. The maximum Gasteiger partial charge on any atom is 0.352 e.